The van der Waals surface area contributed by atoms with Crippen LogP contribution in [0.1, 0.15) is 25.1 Å². The molecule has 60 valence electrons. The van der Waals surface area contributed by atoms with Gasteiger partial charge in [-0.3, -0.25) is 4.98 Å². The highest BCUT2D eigenvalue weighted by atomic mass is 19.1. The number of halogens is 1. The van der Waals surface area contributed by atoms with Crippen molar-refractivity contribution in [2.45, 2.75) is 26.4 Å². The van der Waals surface area contributed by atoms with Gasteiger partial charge in [-0.15, -0.1) is 0 Å². The lowest BCUT2D eigenvalue weighted by molar-refractivity contribution is 0.221. The van der Waals surface area contributed by atoms with Gasteiger partial charge in [0.2, 0.25) is 0 Å². The van der Waals surface area contributed by atoms with Crippen molar-refractivity contribution in [1.29, 1.82) is 0 Å². The molecule has 1 aromatic heterocycles. The van der Waals surface area contributed by atoms with Crippen LogP contribution in [0.5, 0.6) is 0 Å². The predicted molar refractivity (Wildman–Crippen MR) is 43.1 cm³/mol. The van der Waals surface area contributed by atoms with Gasteiger partial charge in [0, 0.05) is 17.5 Å². The van der Waals surface area contributed by atoms with E-state index in [-0.39, 0.29) is 0 Å². The van der Waals surface area contributed by atoms with Gasteiger partial charge in [0.1, 0.15) is 5.67 Å². The first-order valence-electron chi connectivity index (χ1n) is 3.62. The third-order valence-corrected chi connectivity index (χ3v) is 1.60. The van der Waals surface area contributed by atoms with Gasteiger partial charge < -0.3 is 0 Å². The highest BCUT2D eigenvalue weighted by Gasteiger charge is 2.18. The lowest BCUT2D eigenvalue weighted by Gasteiger charge is -2.13. The molecular weight excluding hydrogens is 141 g/mol. The minimum atomic E-state index is -1.28. The van der Waals surface area contributed by atoms with Crippen molar-refractivity contribution in [3.05, 3.63) is 29.6 Å². The third kappa shape index (κ3) is 2.00. The molecule has 0 aliphatic carbocycles. The molecule has 0 saturated carbocycles. The summed E-state index contributed by atoms with van der Waals surface area (Å²) in [5.41, 5.74) is 0.266. The average Bonchev–Trinajstić information content (AvgIpc) is 1.86. The van der Waals surface area contributed by atoms with E-state index < -0.39 is 5.67 Å². The Labute approximate surface area is 66.3 Å². The molecule has 0 aliphatic heterocycles. The molecule has 1 heterocycles. The summed E-state index contributed by atoms with van der Waals surface area (Å²) in [6.45, 7) is 4.94. The van der Waals surface area contributed by atoms with E-state index in [1.165, 1.54) is 13.8 Å². The Morgan fingerprint density at radius 1 is 1.36 bits per heavy atom. The number of aryl methyl sites for hydroxylation is 1. The summed E-state index contributed by atoms with van der Waals surface area (Å²) in [6, 6.07) is 3.58. The van der Waals surface area contributed by atoms with E-state index in [1.807, 2.05) is 13.0 Å². The molecule has 1 nitrogen and oxygen atoms in total. The molecule has 1 aromatic rings. The summed E-state index contributed by atoms with van der Waals surface area (Å²) in [5, 5.41) is 0. The molecule has 0 fully saturated rings. The fourth-order valence-corrected chi connectivity index (χ4v) is 0.819. The zero-order valence-corrected chi connectivity index (χ0v) is 7.06. The van der Waals surface area contributed by atoms with E-state index in [2.05, 4.69) is 4.98 Å². The summed E-state index contributed by atoms with van der Waals surface area (Å²) in [7, 11) is 0. The van der Waals surface area contributed by atoms with Crippen LogP contribution in [0.15, 0.2) is 18.3 Å². The number of aromatic nitrogens is 1. The molecular formula is C9H12FN. The smallest absolute Gasteiger partial charge is 0.131 e. The number of hydrogen-bond acceptors (Lipinski definition) is 1. The monoisotopic (exact) mass is 153 g/mol. The molecule has 0 unspecified atom stereocenters. The standard InChI is InChI=1S/C9H12FN/c1-7-4-5-8(6-11-7)9(2,3)10/h4-6H,1-3H3. The van der Waals surface area contributed by atoms with Gasteiger partial charge in [0.05, 0.1) is 0 Å². The molecule has 0 spiro atoms. The number of alkyl halides is 1. The second-order valence-electron chi connectivity index (χ2n) is 3.16. The molecule has 0 radical (unpaired) electrons. The molecule has 0 atom stereocenters. The Morgan fingerprint density at radius 3 is 2.36 bits per heavy atom. The van der Waals surface area contributed by atoms with Crippen molar-refractivity contribution in [3.63, 3.8) is 0 Å². The first-order valence-corrected chi connectivity index (χ1v) is 3.62. The van der Waals surface area contributed by atoms with Crippen LogP contribution in [0.2, 0.25) is 0 Å². The van der Waals surface area contributed by atoms with Gasteiger partial charge >= 0.3 is 0 Å². The summed E-state index contributed by atoms with van der Waals surface area (Å²) in [6.07, 6.45) is 1.58. The molecule has 0 aromatic carbocycles. The largest absolute Gasteiger partial charge is 0.261 e. The van der Waals surface area contributed by atoms with E-state index in [0.29, 0.717) is 5.56 Å². The van der Waals surface area contributed by atoms with E-state index in [9.17, 15) is 4.39 Å². The van der Waals surface area contributed by atoms with Gasteiger partial charge in [-0.2, -0.15) is 0 Å². The van der Waals surface area contributed by atoms with Crippen LogP contribution in [-0.2, 0) is 5.67 Å². The van der Waals surface area contributed by atoms with Gasteiger partial charge in [0.25, 0.3) is 0 Å². The second-order valence-corrected chi connectivity index (χ2v) is 3.16. The molecule has 1 rings (SSSR count). The maximum absolute atomic E-state index is 13.2. The number of hydrogen-bond donors (Lipinski definition) is 0. The second kappa shape index (κ2) is 2.61. The summed E-state index contributed by atoms with van der Waals surface area (Å²) in [4.78, 5) is 4.01. The molecule has 0 aliphatic rings. The predicted octanol–water partition coefficient (Wildman–Crippen LogP) is 2.59. The SMILES string of the molecule is Cc1ccc(C(C)(C)F)cn1. The van der Waals surface area contributed by atoms with Gasteiger partial charge in [-0.25, -0.2) is 4.39 Å². The summed E-state index contributed by atoms with van der Waals surface area (Å²) in [5.74, 6) is 0. The molecule has 0 amide bonds. The van der Waals surface area contributed by atoms with E-state index in [1.54, 1.807) is 12.3 Å². The van der Waals surface area contributed by atoms with Crippen molar-refractivity contribution in [2.75, 3.05) is 0 Å². The Morgan fingerprint density at radius 2 is 2.00 bits per heavy atom. The lowest BCUT2D eigenvalue weighted by Crippen LogP contribution is -2.09. The van der Waals surface area contributed by atoms with Crippen LogP contribution in [0.25, 0.3) is 0 Å². The van der Waals surface area contributed by atoms with E-state index >= 15 is 0 Å². The molecule has 0 N–H and O–H groups in total. The van der Waals surface area contributed by atoms with Crippen LogP contribution in [0.3, 0.4) is 0 Å². The molecule has 0 bridgehead atoms. The highest BCUT2D eigenvalue weighted by molar-refractivity contribution is 5.18. The van der Waals surface area contributed by atoms with E-state index in [4.69, 9.17) is 0 Å². The van der Waals surface area contributed by atoms with Crippen LogP contribution < -0.4 is 0 Å². The number of pyridine rings is 1. The van der Waals surface area contributed by atoms with Crippen molar-refractivity contribution in [1.82, 2.24) is 4.98 Å². The van der Waals surface area contributed by atoms with Crippen LogP contribution in [0.4, 0.5) is 4.39 Å². The minimum Gasteiger partial charge on any atom is -0.261 e. The zero-order valence-electron chi connectivity index (χ0n) is 7.06. The molecule has 2 heteroatoms. The first kappa shape index (κ1) is 8.18. The van der Waals surface area contributed by atoms with Crippen molar-refractivity contribution in [3.8, 4) is 0 Å². The molecule has 11 heavy (non-hydrogen) atoms. The summed E-state index contributed by atoms with van der Waals surface area (Å²) >= 11 is 0. The normalized spacial score (nSPS) is 11.6. The minimum absolute atomic E-state index is 0.628. The Bertz CT molecular complexity index is 233. The Kier molecular flexibility index (Phi) is 1.94. The fourth-order valence-electron chi connectivity index (χ4n) is 0.819. The number of nitrogens with zero attached hydrogens (tertiary/aromatic N) is 1. The van der Waals surface area contributed by atoms with E-state index in [0.717, 1.165) is 5.69 Å². The fraction of sp³-hybridized carbons (Fsp3) is 0.444. The molecule has 0 saturated heterocycles. The van der Waals surface area contributed by atoms with Crippen LogP contribution >= 0.6 is 0 Å². The maximum atomic E-state index is 13.2. The highest BCUT2D eigenvalue weighted by Crippen LogP contribution is 2.23. The van der Waals surface area contributed by atoms with Gasteiger partial charge in [0.15, 0.2) is 0 Å². The van der Waals surface area contributed by atoms with Crippen LogP contribution in [-0.4, -0.2) is 4.98 Å². The third-order valence-electron chi connectivity index (χ3n) is 1.60. The first-order chi connectivity index (χ1) is 5.00. The van der Waals surface area contributed by atoms with Gasteiger partial charge in [-0.05, 0) is 26.8 Å². The van der Waals surface area contributed by atoms with Gasteiger partial charge in [-0.1, -0.05) is 6.07 Å². The van der Waals surface area contributed by atoms with Crippen molar-refractivity contribution >= 4 is 0 Å². The topological polar surface area (TPSA) is 12.9 Å². The maximum Gasteiger partial charge on any atom is 0.131 e. The zero-order chi connectivity index (χ0) is 8.48. The average molecular weight is 153 g/mol. The number of rotatable bonds is 1. The van der Waals surface area contributed by atoms with Crippen molar-refractivity contribution < 1.29 is 4.39 Å². The summed E-state index contributed by atoms with van der Waals surface area (Å²) < 4.78 is 13.2. The Balaban J connectivity index is 2.99. The Hall–Kier alpha value is -0.920. The quantitative estimate of drug-likeness (QED) is 0.604. The van der Waals surface area contributed by atoms with Crippen molar-refractivity contribution in [2.24, 2.45) is 0 Å². The lowest BCUT2D eigenvalue weighted by atomic mass is 10.0. The van der Waals surface area contributed by atoms with Crippen LogP contribution in [0, 0.1) is 6.92 Å².